The lowest BCUT2D eigenvalue weighted by Crippen LogP contribution is -2.59. The second kappa shape index (κ2) is 5.92. The third kappa shape index (κ3) is 3.27. The van der Waals surface area contributed by atoms with Crippen molar-refractivity contribution in [1.82, 2.24) is 10.2 Å². The van der Waals surface area contributed by atoms with Crippen molar-refractivity contribution >= 4 is 29.3 Å². The smallest absolute Gasteiger partial charge is 0.261 e. The van der Waals surface area contributed by atoms with Crippen molar-refractivity contribution in [2.45, 2.75) is 13.0 Å². The first-order valence-corrected chi connectivity index (χ1v) is 6.36. The molecular weight excluding hydrogens is 284 g/mol. The number of carbonyl (C=O) groups excluding carboxylic acids is 3. The van der Waals surface area contributed by atoms with Gasteiger partial charge in [-0.2, -0.15) is 0 Å². The Hall–Kier alpha value is -2.08. The van der Waals surface area contributed by atoms with Crippen LogP contribution in [0, 0.1) is 0 Å². The molecule has 1 atom stereocenters. The van der Waals surface area contributed by atoms with E-state index in [-0.39, 0.29) is 13.2 Å². The van der Waals surface area contributed by atoms with E-state index in [1.165, 1.54) is 4.90 Å². The molecule has 6 nitrogen and oxygen atoms in total. The molecule has 106 valence electrons. The van der Waals surface area contributed by atoms with Gasteiger partial charge in [0, 0.05) is 5.02 Å². The van der Waals surface area contributed by atoms with Crippen LogP contribution in [0.4, 0.5) is 0 Å². The van der Waals surface area contributed by atoms with Crippen molar-refractivity contribution in [2.75, 3.05) is 13.2 Å². The van der Waals surface area contributed by atoms with Gasteiger partial charge in [-0.3, -0.25) is 19.7 Å². The summed E-state index contributed by atoms with van der Waals surface area (Å²) >= 11 is 5.80. The second-order valence-corrected chi connectivity index (χ2v) is 4.79. The summed E-state index contributed by atoms with van der Waals surface area (Å²) in [6.45, 7) is 1.15. The summed E-state index contributed by atoms with van der Waals surface area (Å²) in [5.41, 5.74) is 0. The van der Waals surface area contributed by atoms with Crippen LogP contribution in [0.1, 0.15) is 6.92 Å². The van der Waals surface area contributed by atoms with Crippen LogP contribution in [0.15, 0.2) is 24.3 Å². The Morgan fingerprint density at radius 3 is 2.95 bits per heavy atom. The van der Waals surface area contributed by atoms with E-state index >= 15 is 0 Å². The van der Waals surface area contributed by atoms with E-state index in [0.717, 1.165) is 0 Å². The van der Waals surface area contributed by atoms with Crippen LogP contribution in [0.3, 0.4) is 0 Å². The van der Waals surface area contributed by atoms with Crippen LogP contribution in [-0.2, 0) is 14.4 Å². The van der Waals surface area contributed by atoms with Gasteiger partial charge in [0.15, 0.2) is 6.61 Å². The van der Waals surface area contributed by atoms with Gasteiger partial charge in [-0.05, 0) is 25.1 Å². The lowest BCUT2D eigenvalue weighted by molar-refractivity contribution is -0.150. The molecule has 1 heterocycles. The SMILES string of the molecule is CC1C(=O)NC(=O)CN1C(=O)COc1cccc(Cl)c1. The third-order valence-electron chi connectivity index (χ3n) is 2.90. The van der Waals surface area contributed by atoms with E-state index in [2.05, 4.69) is 5.32 Å². The molecule has 1 saturated heterocycles. The quantitative estimate of drug-likeness (QED) is 0.829. The topological polar surface area (TPSA) is 75.7 Å². The van der Waals surface area contributed by atoms with E-state index in [1.54, 1.807) is 31.2 Å². The Morgan fingerprint density at radius 2 is 2.25 bits per heavy atom. The maximum atomic E-state index is 12.0. The highest BCUT2D eigenvalue weighted by molar-refractivity contribution is 6.30. The first-order valence-electron chi connectivity index (χ1n) is 5.99. The molecule has 0 aliphatic carbocycles. The average Bonchev–Trinajstić information content (AvgIpc) is 2.40. The fourth-order valence-corrected chi connectivity index (χ4v) is 1.98. The van der Waals surface area contributed by atoms with E-state index in [1.807, 2.05) is 0 Å². The minimum atomic E-state index is -0.692. The highest BCUT2D eigenvalue weighted by Crippen LogP contribution is 2.17. The molecule has 0 spiro atoms. The van der Waals surface area contributed by atoms with Crippen LogP contribution in [-0.4, -0.2) is 41.8 Å². The number of nitrogens with one attached hydrogen (secondary N) is 1. The van der Waals surface area contributed by atoms with E-state index in [4.69, 9.17) is 16.3 Å². The van der Waals surface area contributed by atoms with Crippen molar-refractivity contribution in [3.8, 4) is 5.75 Å². The first kappa shape index (κ1) is 14.3. The molecule has 1 aliphatic heterocycles. The average molecular weight is 297 g/mol. The zero-order chi connectivity index (χ0) is 14.7. The molecule has 3 amide bonds. The molecule has 0 bridgehead atoms. The van der Waals surface area contributed by atoms with E-state index < -0.39 is 23.8 Å². The Labute approximate surface area is 120 Å². The zero-order valence-corrected chi connectivity index (χ0v) is 11.5. The molecule has 7 heteroatoms. The van der Waals surface area contributed by atoms with Gasteiger partial charge < -0.3 is 9.64 Å². The fraction of sp³-hybridized carbons (Fsp3) is 0.308. The standard InChI is InChI=1S/C13H13ClN2O4/c1-8-13(19)15-11(17)6-16(8)12(18)7-20-10-4-2-3-9(14)5-10/h2-5,8H,6-7H2,1H3,(H,15,17,19). The largest absolute Gasteiger partial charge is 0.484 e. The molecule has 0 aromatic heterocycles. The number of piperazine rings is 1. The van der Waals surface area contributed by atoms with Crippen LogP contribution in [0.5, 0.6) is 5.75 Å². The van der Waals surface area contributed by atoms with Gasteiger partial charge in [0.25, 0.3) is 5.91 Å². The maximum Gasteiger partial charge on any atom is 0.261 e. The molecule has 1 fully saturated rings. The van der Waals surface area contributed by atoms with Gasteiger partial charge in [-0.25, -0.2) is 0 Å². The number of rotatable bonds is 3. The molecule has 1 aliphatic rings. The summed E-state index contributed by atoms with van der Waals surface area (Å²) in [6, 6.07) is 5.93. The van der Waals surface area contributed by atoms with Crippen LogP contribution >= 0.6 is 11.6 Å². The number of amides is 3. The van der Waals surface area contributed by atoms with Crippen molar-refractivity contribution in [3.05, 3.63) is 29.3 Å². The Kier molecular flexibility index (Phi) is 4.24. The van der Waals surface area contributed by atoms with Crippen LogP contribution < -0.4 is 10.1 Å². The summed E-state index contributed by atoms with van der Waals surface area (Å²) in [7, 11) is 0. The number of ether oxygens (including phenoxy) is 1. The molecule has 1 unspecified atom stereocenters. The monoisotopic (exact) mass is 296 g/mol. The number of halogens is 1. The number of hydrogen-bond donors (Lipinski definition) is 1. The maximum absolute atomic E-state index is 12.0. The van der Waals surface area contributed by atoms with Gasteiger partial charge in [0.2, 0.25) is 11.8 Å². The minimum Gasteiger partial charge on any atom is -0.484 e. The molecule has 0 radical (unpaired) electrons. The molecule has 2 rings (SSSR count). The Morgan fingerprint density at radius 1 is 1.50 bits per heavy atom. The second-order valence-electron chi connectivity index (χ2n) is 4.36. The number of carbonyl (C=O) groups is 3. The zero-order valence-electron chi connectivity index (χ0n) is 10.8. The molecular formula is C13H13ClN2O4. The molecule has 1 N–H and O–H groups in total. The van der Waals surface area contributed by atoms with Crippen LogP contribution in [0.25, 0.3) is 0 Å². The summed E-state index contributed by atoms with van der Waals surface area (Å²) < 4.78 is 5.30. The van der Waals surface area contributed by atoms with E-state index in [0.29, 0.717) is 10.8 Å². The lowest BCUT2D eigenvalue weighted by Gasteiger charge is -2.31. The minimum absolute atomic E-state index is 0.148. The highest BCUT2D eigenvalue weighted by Gasteiger charge is 2.33. The van der Waals surface area contributed by atoms with Crippen molar-refractivity contribution < 1.29 is 19.1 Å². The van der Waals surface area contributed by atoms with Gasteiger partial charge in [-0.15, -0.1) is 0 Å². The molecule has 1 aromatic rings. The van der Waals surface area contributed by atoms with Gasteiger partial charge >= 0.3 is 0 Å². The predicted molar refractivity (Wildman–Crippen MR) is 71.3 cm³/mol. The lowest BCUT2D eigenvalue weighted by atomic mass is 10.2. The summed E-state index contributed by atoms with van der Waals surface area (Å²) in [5.74, 6) is -0.964. The number of imide groups is 1. The third-order valence-corrected chi connectivity index (χ3v) is 3.14. The number of benzene rings is 1. The first-order chi connectivity index (χ1) is 9.47. The summed E-state index contributed by atoms with van der Waals surface area (Å²) in [6.07, 6.45) is 0. The number of nitrogens with zero attached hydrogens (tertiary/aromatic N) is 1. The van der Waals surface area contributed by atoms with Gasteiger partial charge in [0.1, 0.15) is 18.3 Å². The Balaban J connectivity index is 1.97. The van der Waals surface area contributed by atoms with Crippen LogP contribution in [0.2, 0.25) is 5.02 Å². The van der Waals surface area contributed by atoms with E-state index in [9.17, 15) is 14.4 Å². The van der Waals surface area contributed by atoms with Crippen molar-refractivity contribution in [3.63, 3.8) is 0 Å². The van der Waals surface area contributed by atoms with Crippen molar-refractivity contribution in [2.24, 2.45) is 0 Å². The molecule has 0 saturated carbocycles. The normalized spacial score (nSPS) is 18.7. The summed E-state index contributed by atoms with van der Waals surface area (Å²) in [4.78, 5) is 35.9. The molecule has 1 aromatic carbocycles. The van der Waals surface area contributed by atoms with Gasteiger partial charge in [-0.1, -0.05) is 17.7 Å². The Bertz CT molecular complexity index is 561. The fourth-order valence-electron chi connectivity index (χ4n) is 1.80. The highest BCUT2D eigenvalue weighted by atomic mass is 35.5. The van der Waals surface area contributed by atoms with Crippen molar-refractivity contribution in [1.29, 1.82) is 0 Å². The summed E-state index contributed by atoms with van der Waals surface area (Å²) in [5, 5.41) is 2.66. The van der Waals surface area contributed by atoms with Gasteiger partial charge in [0.05, 0.1) is 0 Å². The number of hydrogen-bond acceptors (Lipinski definition) is 4. The predicted octanol–water partition coefficient (Wildman–Crippen LogP) is 0.592. The molecule has 20 heavy (non-hydrogen) atoms.